The number of nitrogens with one attached hydrogen (secondary N) is 1. The molecule has 2 heterocycles. The van der Waals surface area contributed by atoms with E-state index in [1.54, 1.807) is 35.7 Å². The molecule has 0 aromatic heterocycles. The number of amides is 4. The standard InChI is InChI=1S/C22H20ClN3O3S/c1-2-14-3-7-16(8-4-14)24-19(27)13-25-18-11-12-30-20(18)21(28)26(22(25)29)17-9-5-15(23)6-10-17/h3-12,18,20H,2,13H2,1H3,(H,24,27). The van der Waals surface area contributed by atoms with Crippen molar-refractivity contribution in [3.05, 3.63) is 70.6 Å². The van der Waals surface area contributed by atoms with E-state index in [2.05, 4.69) is 12.2 Å². The second kappa shape index (κ2) is 8.53. The van der Waals surface area contributed by atoms with Gasteiger partial charge in [-0.3, -0.25) is 9.59 Å². The Kier molecular flexibility index (Phi) is 5.83. The molecule has 0 bridgehead atoms. The topological polar surface area (TPSA) is 69.7 Å². The maximum Gasteiger partial charge on any atom is 0.332 e. The number of hydrogen-bond acceptors (Lipinski definition) is 4. The second-order valence-corrected chi connectivity index (χ2v) is 8.52. The molecule has 8 heteroatoms. The Bertz CT molecular complexity index is 1010. The Morgan fingerprint density at radius 1 is 1.10 bits per heavy atom. The van der Waals surface area contributed by atoms with E-state index in [1.807, 2.05) is 24.3 Å². The number of imide groups is 1. The second-order valence-electron chi connectivity index (χ2n) is 7.04. The van der Waals surface area contributed by atoms with Crippen molar-refractivity contribution in [2.24, 2.45) is 0 Å². The maximum atomic E-state index is 13.2. The molecule has 1 N–H and O–H groups in total. The number of fused-ring (bicyclic) bond motifs is 1. The van der Waals surface area contributed by atoms with Crippen molar-refractivity contribution in [3.8, 4) is 0 Å². The van der Waals surface area contributed by atoms with Gasteiger partial charge in [-0.2, -0.15) is 0 Å². The average molecular weight is 442 g/mol. The molecule has 0 spiro atoms. The summed E-state index contributed by atoms with van der Waals surface area (Å²) >= 11 is 7.29. The monoisotopic (exact) mass is 441 g/mol. The zero-order chi connectivity index (χ0) is 21.3. The lowest BCUT2D eigenvalue weighted by Gasteiger charge is -2.40. The van der Waals surface area contributed by atoms with Gasteiger partial charge >= 0.3 is 6.03 Å². The van der Waals surface area contributed by atoms with E-state index in [4.69, 9.17) is 11.6 Å². The van der Waals surface area contributed by atoms with Crippen molar-refractivity contribution in [1.29, 1.82) is 0 Å². The van der Waals surface area contributed by atoms with Crippen LogP contribution in [0.5, 0.6) is 0 Å². The number of urea groups is 1. The van der Waals surface area contributed by atoms with Gasteiger partial charge in [0.2, 0.25) is 5.91 Å². The van der Waals surface area contributed by atoms with E-state index in [-0.39, 0.29) is 18.4 Å². The molecular formula is C22H20ClN3O3S. The van der Waals surface area contributed by atoms with Gasteiger partial charge in [0.05, 0.1) is 11.7 Å². The van der Waals surface area contributed by atoms with Gasteiger partial charge in [0, 0.05) is 10.7 Å². The van der Waals surface area contributed by atoms with Crippen LogP contribution in [0.3, 0.4) is 0 Å². The number of hydrogen-bond donors (Lipinski definition) is 1. The number of carbonyl (C=O) groups excluding carboxylic acids is 3. The van der Waals surface area contributed by atoms with Crippen LogP contribution in [0, 0.1) is 0 Å². The highest BCUT2D eigenvalue weighted by atomic mass is 35.5. The number of aryl methyl sites for hydroxylation is 1. The molecular weight excluding hydrogens is 422 g/mol. The number of halogens is 1. The summed E-state index contributed by atoms with van der Waals surface area (Å²) < 4.78 is 0. The number of nitrogens with zero attached hydrogens (tertiary/aromatic N) is 2. The molecule has 154 valence electrons. The molecule has 1 fully saturated rings. The Hall–Kier alpha value is -2.77. The summed E-state index contributed by atoms with van der Waals surface area (Å²) in [5.41, 5.74) is 2.27. The third-order valence-electron chi connectivity index (χ3n) is 5.12. The summed E-state index contributed by atoms with van der Waals surface area (Å²) in [7, 11) is 0. The summed E-state index contributed by atoms with van der Waals surface area (Å²) in [6.45, 7) is 1.91. The summed E-state index contributed by atoms with van der Waals surface area (Å²) in [4.78, 5) is 41.4. The fourth-order valence-corrected chi connectivity index (χ4v) is 4.69. The van der Waals surface area contributed by atoms with Gasteiger partial charge in [-0.25, -0.2) is 9.69 Å². The molecule has 0 saturated carbocycles. The van der Waals surface area contributed by atoms with Gasteiger partial charge in [-0.1, -0.05) is 36.7 Å². The first-order valence-electron chi connectivity index (χ1n) is 9.59. The minimum Gasteiger partial charge on any atom is -0.325 e. The van der Waals surface area contributed by atoms with E-state index >= 15 is 0 Å². The Balaban J connectivity index is 1.55. The van der Waals surface area contributed by atoms with Crippen molar-refractivity contribution in [1.82, 2.24) is 4.90 Å². The number of anilines is 2. The van der Waals surface area contributed by atoms with Crippen LogP contribution in [0.2, 0.25) is 5.02 Å². The zero-order valence-corrected chi connectivity index (χ0v) is 17.8. The molecule has 4 rings (SSSR count). The van der Waals surface area contributed by atoms with Gasteiger partial charge in [0.25, 0.3) is 5.91 Å². The molecule has 4 amide bonds. The highest BCUT2D eigenvalue weighted by Gasteiger charge is 2.48. The van der Waals surface area contributed by atoms with E-state index in [0.717, 1.165) is 11.3 Å². The quantitative estimate of drug-likeness (QED) is 0.750. The van der Waals surface area contributed by atoms with E-state index in [0.29, 0.717) is 16.4 Å². The molecule has 6 nitrogen and oxygen atoms in total. The summed E-state index contributed by atoms with van der Waals surface area (Å²) in [5, 5.41) is 4.67. The zero-order valence-electron chi connectivity index (χ0n) is 16.2. The molecule has 2 atom stereocenters. The van der Waals surface area contributed by atoms with Gasteiger partial charge < -0.3 is 10.2 Å². The Morgan fingerprint density at radius 2 is 1.80 bits per heavy atom. The van der Waals surface area contributed by atoms with Crippen LogP contribution in [0.15, 0.2) is 60.0 Å². The predicted octanol–water partition coefficient (Wildman–Crippen LogP) is 4.31. The van der Waals surface area contributed by atoms with Crippen molar-refractivity contribution in [2.45, 2.75) is 24.6 Å². The van der Waals surface area contributed by atoms with Crippen LogP contribution in [0.4, 0.5) is 16.2 Å². The summed E-state index contributed by atoms with van der Waals surface area (Å²) in [6, 6.07) is 13.1. The minimum atomic E-state index is -0.521. The molecule has 2 unspecified atom stereocenters. The smallest absolute Gasteiger partial charge is 0.325 e. The van der Waals surface area contributed by atoms with Gasteiger partial charge in [0.1, 0.15) is 11.8 Å². The normalized spacial score (nSPS) is 20.5. The molecule has 2 aliphatic heterocycles. The van der Waals surface area contributed by atoms with Crippen molar-refractivity contribution >= 4 is 52.6 Å². The molecule has 1 saturated heterocycles. The van der Waals surface area contributed by atoms with Gasteiger partial charge in [-0.15, -0.1) is 11.8 Å². The fraction of sp³-hybridized carbons (Fsp3) is 0.227. The summed E-state index contributed by atoms with van der Waals surface area (Å²) in [6.07, 6.45) is 2.71. The number of benzene rings is 2. The van der Waals surface area contributed by atoms with Crippen molar-refractivity contribution in [2.75, 3.05) is 16.8 Å². The molecule has 0 aliphatic carbocycles. The third-order valence-corrected chi connectivity index (χ3v) is 6.46. The maximum absolute atomic E-state index is 13.2. The van der Waals surface area contributed by atoms with Crippen LogP contribution in [0.1, 0.15) is 12.5 Å². The average Bonchev–Trinajstić information content (AvgIpc) is 3.23. The number of carbonyl (C=O) groups is 3. The van der Waals surface area contributed by atoms with Crippen molar-refractivity contribution < 1.29 is 14.4 Å². The van der Waals surface area contributed by atoms with E-state index in [9.17, 15) is 14.4 Å². The lowest BCUT2D eigenvalue weighted by atomic mass is 10.1. The van der Waals surface area contributed by atoms with Crippen LogP contribution >= 0.6 is 23.4 Å². The van der Waals surface area contributed by atoms with Crippen LogP contribution in [-0.2, 0) is 16.0 Å². The van der Waals surface area contributed by atoms with Crippen molar-refractivity contribution in [3.63, 3.8) is 0 Å². The van der Waals surface area contributed by atoms with E-state index in [1.165, 1.54) is 22.2 Å². The van der Waals surface area contributed by atoms with Gasteiger partial charge in [0.15, 0.2) is 0 Å². The predicted molar refractivity (Wildman–Crippen MR) is 120 cm³/mol. The van der Waals surface area contributed by atoms with Crippen LogP contribution < -0.4 is 10.2 Å². The highest BCUT2D eigenvalue weighted by Crippen LogP contribution is 2.36. The lowest BCUT2D eigenvalue weighted by Crippen LogP contribution is -2.63. The molecule has 2 aromatic rings. The van der Waals surface area contributed by atoms with E-state index < -0.39 is 17.3 Å². The third kappa shape index (κ3) is 3.95. The minimum absolute atomic E-state index is 0.155. The largest absolute Gasteiger partial charge is 0.332 e. The summed E-state index contributed by atoms with van der Waals surface area (Å²) in [5.74, 6) is -0.615. The Labute approximate surface area is 183 Å². The first-order valence-corrected chi connectivity index (χ1v) is 10.9. The molecule has 0 radical (unpaired) electrons. The molecule has 30 heavy (non-hydrogen) atoms. The highest BCUT2D eigenvalue weighted by molar-refractivity contribution is 8.03. The molecule has 2 aliphatic rings. The first kappa shape index (κ1) is 20.5. The lowest BCUT2D eigenvalue weighted by molar-refractivity contribution is -0.121. The number of rotatable bonds is 5. The van der Waals surface area contributed by atoms with Gasteiger partial charge in [-0.05, 0) is 53.8 Å². The first-order chi connectivity index (χ1) is 14.5. The molecule has 2 aromatic carbocycles. The number of thioether (sulfide) groups is 1. The SMILES string of the molecule is CCc1ccc(NC(=O)CN2C(=O)N(c3ccc(Cl)cc3)C(=O)C3SC=CC32)cc1. The van der Waals surface area contributed by atoms with Crippen LogP contribution in [-0.4, -0.2) is 40.6 Å². The Morgan fingerprint density at radius 3 is 2.47 bits per heavy atom. The fourth-order valence-electron chi connectivity index (χ4n) is 3.52. The van der Waals surface area contributed by atoms with Crippen LogP contribution in [0.25, 0.3) is 0 Å².